The molecule has 152 valence electrons. The standard InChI is InChI=1S/C19H29F3N4O/c1-24(2)17(13-16-7-4-3-5-8-16)14-23-18(27)26-10-6-9-25(11-12-26)15-19(20,21)22/h3-5,7-8,17H,6,9-15H2,1-2H3,(H,23,27). The SMILES string of the molecule is CN(C)C(CNC(=O)N1CCCN(CC(F)(F)F)CC1)Cc1ccccc1. The summed E-state index contributed by atoms with van der Waals surface area (Å²) in [7, 11) is 3.95. The summed E-state index contributed by atoms with van der Waals surface area (Å²) in [4.78, 5) is 17.5. The lowest BCUT2D eigenvalue weighted by Crippen LogP contribution is -2.47. The summed E-state index contributed by atoms with van der Waals surface area (Å²) in [5.74, 6) is 0. The summed E-state index contributed by atoms with van der Waals surface area (Å²) in [5, 5.41) is 2.95. The minimum Gasteiger partial charge on any atom is -0.336 e. The molecule has 1 fully saturated rings. The maximum Gasteiger partial charge on any atom is 0.401 e. The van der Waals surface area contributed by atoms with E-state index in [0.29, 0.717) is 32.6 Å². The lowest BCUT2D eigenvalue weighted by Gasteiger charge is -2.27. The van der Waals surface area contributed by atoms with Crippen LogP contribution in [0.4, 0.5) is 18.0 Å². The summed E-state index contributed by atoms with van der Waals surface area (Å²) >= 11 is 0. The molecule has 1 aliphatic heterocycles. The lowest BCUT2D eigenvalue weighted by atomic mass is 10.1. The molecule has 0 aromatic heterocycles. The van der Waals surface area contributed by atoms with Crippen LogP contribution in [0.15, 0.2) is 30.3 Å². The number of amides is 2. The van der Waals surface area contributed by atoms with Crippen LogP contribution in [0.3, 0.4) is 0 Å². The second-order valence-corrected chi connectivity index (χ2v) is 7.23. The first-order valence-electron chi connectivity index (χ1n) is 9.27. The predicted octanol–water partition coefficient (Wildman–Crippen LogP) is 2.44. The first-order valence-corrected chi connectivity index (χ1v) is 9.27. The van der Waals surface area contributed by atoms with Crippen LogP contribution in [0, 0.1) is 0 Å². The first-order chi connectivity index (χ1) is 12.7. The molecular weight excluding hydrogens is 357 g/mol. The van der Waals surface area contributed by atoms with E-state index in [2.05, 4.69) is 22.3 Å². The van der Waals surface area contributed by atoms with E-state index in [0.717, 1.165) is 6.42 Å². The molecule has 1 N–H and O–H groups in total. The molecule has 0 bridgehead atoms. The second kappa shape index (κ2) is 9.94. The molecule has 0 saturated carbocycles. The average Bonchev–Trinajstić information content (AvgIpc) is 2.83. The van der Waals surface area contributed by atoms with Gasteiger partial charge >= 0.3 is 12.2 Å². The van der Waals surface area contributed by atoms with Gasteiger partial charge in [-0.05, 0) is 32.5 Å². The third kappa shape index (κ3) is 7.76. The molecule has 1 atom stereocenters. The van der Waals surface area contributed by atoms with Crippen molar-refractivity contribution in [3.63, 3.8) is 0 Å². The van der Waals surface area contributed by atoms with Crippen molar-refractivity contribution in [3.05, 3.63) is 35.9 Å². The fourth-order valence-electron chi connectivity index (χ4n) is 3.23. The molecule has 8 heteroatoms. The van der Waals surface area contributed by atoms with Gasteiger partial charge in [-0.1, -0.05) is 30.3 Å². The number of hydrogen-bond donors (Lipinski definition) is 1. The molecule has 0 aliphatic carbocycles. The fourth-order valence-corrected chi connectivity index (χ4v) is 3.23. The van der Waals surface area contributed by atoms with Gasteiger partial charge in [-0.3, -0.25) is 4.90 Å². The highest BCUT2D eigenvalue weighted by Gasteiger charge is 2.31. The summed E-state index contributed by atoms with van der Waals surface area (Å²) in [6.45, 7) is 0.968. The number of nitrogens with one attached hydrogen (secondary N) is 1. The molecule has 2 amide bonds. The van der Waals surface area contributed by atoms with Gasteiger partial charge in [0, 0.05) is 38.8 Å². The Bertz CT molecular complexity index is 580. The van der Waals surface area contributed by atoms with Crippen molar-refractivity contribution in [1.29, 1.82) is 0 Å². The van der Waals surface area contributed by atoms with Crippen LogP contribution in [0.2, 0.25) is 0 Å². The van der Waals surface area contributed by atoms with Crippen LogP contribution in [0.25, 0.3) is 0 Å². The Kier molecular flexibility index (Phi) is 7.91. The minimum atomic E-state index is -4.20. The number of benzene rings is 1. The van der Waals surface area contributed by atoms with Crippen molar-refractivity contribution in [2.75, 3.05) is 53.4 Å². The molecule has 27 heavy (non-hydrogen) atoms. The fraction of sp³-hybridized carbons (Fsp3) is 0.632. The Hall–Kier alpha value is -1.80. The minimum absolute atomic E-state index is 0.144. The van der Waals surface area contributed by atoms with E-state index in [4.69, 9.17) is 0 Å². The normalized spacial score (nSPS) is 17.6. The van der Waals surface area contributed by atoms with Crippen LogP contribution in [-0.4, -0.2) is 86.3 Å². The smallest absolute Gasteiger partial charge is 0.336 e. The third-order valence-electron chi connectivity index (χ3n) is 4.81. The van der Waals surface area contributed by atoms with Crippen molar-refractivity contribution in [1.82, 2.24) is 20.0 Å². The van der Waals surface area contributed by atoms with E-state index in [1.54, 1.807) is 4.90 Å². The van der Waals surface area contributed by atoms with Crippen molar-refractivity contribution < 1.29 is 18.0 Å². The monoisotopic (exact) mass is 386 g/mol. The number of likely N-dealkylation sites (N-methyl/N-ethyl adjacent to an activating group) is 1. The molecule has 1 aliphatic rings. The molecule has 5 nitrogen and oxygen atoms in total. The number of alkyl halides is 3. The van der Waals surface area contributed by atoms with Crippen LogP contribution in [0.5, 0.6) is 0 Å². The number of nitrogens with zero attached hydrogens (tertiary/aromatic N) is 3. The zero-order valence-corrected chi connectivity index (χ0v) is 16.0. The summed E-state index contributed by atoms with van der Waals surface area (Å²) in [5.41, 5.74) is 1.20. The van der Waals surface area contributed by atoms with Gasteiger partial charge in [0.15, 0.2) is 0 Å². The van der Waals surface area contributed by atoms with Gasteiger partial charge in [0.1, 0.15) is 0 Å². The van der Waals surface area contributed by atoms with Crippen molar-refractivity contribution >= 4 is 6.03 Å². The molecule has 1 heterocycles. The second-order valence-electron chi connectivity index (χ2n) is 7.23. The Morgan fingerprint density at radius 3 is 2.48 bits per heavy atom. The highest BCUT2D eigenvalue weighted by molar-refractivity contribution is 5.74. The van der Waals surface area contributed by atoms with Crippen molar-refractivity contribution in [2.45, 2.75) is 25.1 Å². The van der Waals surface area contributed by atoms with E-state index >= 15 is 0 Å². The molecule has 0 spiro atoms. The third-order valence-corrected chi connectivity index (χ3v) is 4.81. The van der Waals surface area contributed by atoms with Crippen molar-refractivity contribution in [2.24, 2.45) is 0 Å². The number of carbonyl (C=O) groups excluding carboxylic acids is 1. The number of rotatable bonds is 6. The van der Waals surface area contributed by atoms with E-state index < -0.39 is 12.7 Å². The van der Waals surface area contributed by atoms with Crippen LogP contribution >= 0.6 is 0 Å². The Morgan fingerprint density at radius 1 is 1.15 bits per heavy atom. The van der Waals surface area contributed by atoms with Crippen LogP contribution in [-0.2, 0) is 6.42 Å². The van der Waals surface area contributed by atoms with Gasteiger partial charge in [-0.15, -0.1) is 0 Å². The zero-order chi connectivity index (χ0) is 19.9. The number of urea groups is 1. The highest BCUT2D eigenvalue weighted by Crippen LogP contribution is 2.17. The Labute approximate surface area is 159 Å². The maximum atomic E-state index is 12.6. The quantitative estimate of drug-likeness (QED) is 0.816. The van der Waals surface area contributed by atoms with E-state index in [1.165, 1.54) is 10.5 Å². The zero-order valence-electron chi connectivity index (χ0n) is 16.0. The molecule has 1 saturated heterocycles. The summed E-state index contributed by atoms with van der Waals surface area (Å²) < 4.78 is 37.7. The molecule has 1 aromatic rings. The van der Waals surface area contributed by atoms with Crippen molar-refractivity contribution in [3.8, 4) is 0 Å². The van der Waals surface area contributed by atoms with Gasteiger partial charge in [-0.2, -0.15) is 13.2 Å². The topological polar surface area (TPSA) is 38.8 Å². The van der Waals surface area contributed by atoms with Crippen LogP contribution < -0.4 is 5.32 Å². The van der Waals surface area contributed by atoms with Gasteiger partial charge in [-0.25, -0.2) is 4.79 Å². The van der Waals surface area contributed by atoms with E-state index in [1.807, 2.05) is 32.3 Å². The number of halogens is 3. The Balaban J connectivity index is 1.82. The van der Waals surface area contributed by atoms with Crippen LogP contribution in [0.1, 0.15) is 12.0 Å². The van der Waals surface area contributed by atoms with Gasteiger partial charge in [0.2, 0.25) is 0 Å². The number of hydrogen-bond acceptors (Lipinski definition) is 3. The van der Waals surface area contributed by atoms with Gasteiger partial charge < -0.3 is 15.1 Å². The molecule has 1 unspecified atom stereocenters. The number of carbonyl (C=O) groups is 1. The molecule has 2 rings (SSSR count). The van der Waals surface area contributed by atoms with E-state index in [-0.39, 0.29) is 18.6 Å². The molecular formula is C19H29F3N4O. The first kappa shape index (κ1) is 21.5. The van der Waals surface area contributed by atoms with Gasteiger partial charge in [0.25, 0.3) is 0 Å². The average molecular weight is 386 g/mol. The summed E-state index contributed by atoms with van der Waals surface area (Å²) in [6.07, 6.45) is -2.84. The Morgan fingerprint density at radius 2 is 1.85 bits per heavy atom. The lowest BCUT2D eigenvalue weighted by molar-refractivity contribution is -0.145. The largest absolute Gasteiger partial charge is 0.401 e. The highest BCUT2D eigenvalue weighted by atomic mass is 19.4. The molecule has 1 aromatic carbocycles. The summed E-state index contributed by atoms with van der Waals surface area (Å²) in [6, 6.07) is 10.0. The van der Waals surface area contributed by atoms with Gasteiger partial charge in [0.05, 0.1) is 6.54 Å². The predicted molar refractivity (Wildman–Crippen MR) is 99.7 cm³/mol. The van der Waals surface area contributed by atoms with E-state index in [9.17, 15) is 18.0 Å². The molecule has 0 radical (unpaired) electrons. The maximum absolute atomic E-state index is 12.6.